The molecule has 160 valence electrons. The Labute approximate surface area is 167 Å². The van der Waals surface area contributed by atoms with Crippen LogP contribution in [0.15, 0.2) is 16.7 Å². The highest BCUT2D eigenvalue weighted by molar-refractivity contribution is 5.92. The lowest BCUT2D eigenvalue weighted by atomic mass is 10.00. The van der Waals surface area contributed by atoms with E-state index in [4.69, 9.17) is 4.52 Å². The summed E-state index contributed by atoms with van der Waals surface area (Å²) < 4.78 is 63.5. The molecule has 3 aromatic rings. The van der Waals surface area contributed by atoms with Crippen LogP contribution in [0.2, 0.25) is 0 Å². The standard InChI is InChI=1S/C18H17F4N5O3/c1-8(2)14-13-11(29-16(28)18(20,21)22)4-3-10(19)15(13)27(25-14)17-24-12(30-26-17)5-9-6-23-7-9/h3-4,8-9,23H,5-7H2,1-2H3. The van der Waals surface area contributed by atoms with E-state index in [1.165, 1.54) is 0 Å². The van der Waals surface area contributed by atoms with Crippen molar-refractivity contribution < 1.29 is 31.6 Å². The van der Waals surface area contributed by atoms with E-state index in [-0.39, 0.29) is 28.5 Å². The van der Waals surface area contributed by atoms with Gasteiger partial charge in [-0.2, -0.15) is 27.9 Å². The van der Waals surface area contributed by atoms with Crippen molar-refractivity contribution in [2.75, 3.05) is 13.1 Å². The molecule has 0 atom stereocenters. The predicted molar refractivity (Wildman–Crippen MR) is 94.7 cm³/mol. The minimum atomic E-state index is -5.20. The van der Waals surface area contributed by atoms with Crippen molar-refractivity contribution in [2.45, 2.75) is 32.4 Å². The van der Waals surface area contributed by atoms with Gasteiger partial charge in [0.15, 0.2) is 0 Å². The molecule has 1 aromatic carbocycles. The van der Waals surface area contributed by atoms with Crippen LogP contribution in [0, 0.1) is 11.7 Å². The highest BCUT2D eigenvalue weighted by Gasteiger charge is 2.42. The summed E-state index contributed by atoms with van der Waals surface area (Å²) >= 11 is 0. The molecule has 1 saturated heterocycles. The number of hydrogen-bond acceptors (Lipinski definition) is 7. The van der Waals surface area contributed by atoms with E-state index in [0.717, 1.165) is 29.9 Å². The second-order valence-electron chi connectivity index (χ2n) is 7.32. The van der Waals surface area contributed by atoms with Crippen molar-refractivity contribution in [1.82, 2.24) is 25.2 Å². The summed E-state index contributed by atoms with van der Waals surface area (Å²) in [5.74, 6) is -3.35. The van der Waals surface area contributed by atoms with Crippen molar-refractivity contribution >= 4 is 16.9 Å². The summed E-state index contributed by atoms with van der Waals surface area (Å²) in [6.07, 6.45) is -4.67. The third-order valence-corrected chi connectivity index (χ3v) is 4.72. The van der Waals surface area contributed by atoms with Crippen LogP contribution >= 0.6 is 0 Å². The van der Waals surface area contributed by atoms with Crippen molar-refractivity contribution in [3.63, 3.8) is 0 Å². The topological polar surface area (TPSA) is 95.1 Å². The summed E-state index contributed by atoms with van der Waals surface area (Å²) in [4.78, 5) is 15.6. The van der Waals surface area contributed by atoms with Crippen LogP contribution in [0.1, 0.15) is 31.4 Å². The number of hydrogen-bond donors (Lipinski definition) is 1. The number of rotatable bonds is 5. The van der Waals surface area contributed by atoms with Gasteiger partial charge in [-0.15, -0.1) is 0 Å². The molecule has 0 unspecified atom stereocenters. The molecule has 1 aliphatic heterocycles. The number of esters is 1. The molecule has 4 rings (SSSR count). The van der Waals surface area contributed by atoms with Crippen molar-refractivity contribution in [2.24, 2.45) is 5.92 Å². The Morgan fingerprint density at radius 3 is 2.70 bits per heavy atom. The highest BCUT2D eigenvalue weighted by atomic mass is 19.4. The Morgan fingerprint density at radius 1 is 1.37 bits per heavy atom. The lowest BCUT2D eigenvalue weighted by Crippen LogP contribution is -2.43. The molecule has 1 aliphatic rings. The molecule has 12 heteroatoms. The van der Waals surface area contributed by atoms with Gasteiger partial charge in [-0.25, -0.2) is 9.18 Å². The fraction of sp³-hybridized carbons (Fsp3) is 0.444. The first-order valence-corrected chi connectivity index (χ1v) is 9.19. The van der Waals surface area contributed by atoms with E-state index in [1.54, 1.807) is 13.8 Å². The van der Waals surface area contributed by atoms with Gasteiger partial charge in [0.1, 0.15) is 17.1 Å². The normalized spacial score (nSPS) is 15.0. The van der Waals surface area contributed by atoms with Crippen LogP contribution in [0.4, 0.5) is 17.6 Å². The van der Waals surface area contributed by atoms with E-state index in [0.29, 0.717) is 18.2 Å². The van der Waals surface area contributed by atoms with E-state index < -0.39 is 23.7 Å². The van der Waals surface area contributed by atoms with Gasteiger partial charge in [0.2, 0.25) is 5.89 Å². The first-order chi connectivity index (χ1) is 14.1. The molecule has 1 fully saturated rings. The van der Waals surface area contributed by atoms with Crippen molar-refractivity contribution in [3.05, 3.63) is 29.5 Å². The Balaban J connectivity index is 1.81. The Bertz CT molecular complexity index is 1100. The molecule has 30 heavy (non-hydrogen) atoms. The van der Waals surface area contributed by atoms with Crippen molar-refractivity contribution in [3.8, 4) is 11.7 Å². The number of fused-ring (bicyclic) bond motifs is 1. The second kappa shape index (κ2) is 7.35. The molecule has 0 bridgehead atoms. The van der Waals surface area contributed by atoms with E-state index in [1.807, 2.05) is 0 Å². The van der Waals surface area contributed by atoms with E-state index >= 15 is 0 Å². The maximum atomic E-state index is 14.7. The Hall–Kier alpha value is -3.02. The molecule has 1 N–H and O–H groups in total. The molecule has 0 saturated carbocycles. The second-order valence-corrected chi connectivity index (χ2v) is 7.32. The number of nitrogens with zero attached hydrogens (tertiary/aromatic N) is 4. The van der Waals surface area contributed by atoms with Gasteiger partial charge >= 0.3 is 12.1 Å². The molecule has 8 nitrogen and oxygen atoms in total. The number of halogens is 4. The Kier molecular flexibility index (Phi) is 4.96. The molecule has 3 heterocycles. The van der Waals surface area contributed by atoms with E-state index in [2.05, 4.69) is 25.3 Å². The Morgan fingerprint density at radius 2 is 2.10 bits per heavy atom. The lowest BCUT2D eigenvalue weighted by molar-refractivity contribution is -0.189. The van der Waals surface area contributed by atoms with Crippen molar-refractivity contribution in [1.29, 1.82) is 0 Å². The summed E-state index contributed by atoms with van der Waals surface area (Å²) in [6, 6.07) is 1.86. The zero-order valence-corrected chi connectivity index (χ0v) is 16.0. The van der Waals surface area contributed by atoms with Crippen LogP contribution < -0.4 is 10.1 Å². The summed E-state index contributed by atoms with van der Waals surface area (Å²) in [6.45, 7) is 5.08. The molecular weight excluding hydrogens is 410 g/mol. The third-order valence-electron chi connectivity index (χ3n) is 4.72. The minimum Gasteiger partial charge on any atom is -0.419 e. The third kappa shape index (κ3) is 3.62. The fourth-order valence-electron chi connectivity index (χ4n) is 3.16. The summed E-state index contributed by atoms with van der Waals surface area (Å²) in [5.41, 5.74) is 0.0212. The smallest absolute Gasteiger partial charge is 0.419 e. The molecule has 0 aliphatic carbocycles. The summed E-state index contributed by atoms with van der Waals surface area (Å²) in [7, 11) is 0. The molecular formula is C18H17F4N5O3. The molecule has 0 radical (unpaired) electrons. The first-order valence-electron chi connectivity index (χ1n) is 9.19. The number of benzene rings is 1. The maximum Gasteiger partial charge on any atom is 0.491 e. The average molecular weight is 427 g/mol. The number of carbonyl (C=O) groups excluding carboxylic acids is 1. The fourth-order valence-corrected chi connectivity index (χ4v) is 3.16. The highest BCUT2D eigenvalue weighted by Crippen LogP contribution is 2.36. The van der Waals surface area contributed by atoms with Gasteiger partial charge in [-0.3, -0.25) is 0 Å². The average Bonchev–Trinajstić information content (AvgIpc) is 3.24. The van der Waals surface area contributed by atoms with Gasteiger partial charge in [-0.1, -0.05) is 13.8 Å². The lowest BCUT2D eigenvalue weighted by Gasteiger charge is -2.25. The van der Waals surface area contributed by atoms with Crippen LogP contribution in [-0.4, -0.2) is 45.2 Å². The van der Waals surface area contributed by atoms with Crippen LogP contribution in [-0.2, 0) is 11.2 Å². The van der Waals surface area contributed by atoms with Gasteiger partial charge in [0.25, 0.3) is 5.95 Å². The number of carbonyl (C=O) groups is 1. The number of nitrogens with one attached hydrogen (secondary N) is 1. The zero-order valence-electron chi connectivity index (χ0n) is 16.0. The van der Waals surface area contributed by atoms with Gasteiger partial charge in [0, 0.05) is 6.42 Å². The number of ether oxygens (including phenoxy) is 1. The van der Waals surface area contributed by atoms with Gasteiger partial charge < -0.3 is 14.6 Å². The summed E-state index contributed by atoms with van der Waals surface area (Å²) in [5, 5.41) is 11.2. The zero-order chi connectivity index (χ0) is 21.6. The maximum absolute atomic E-state index is 14.7. The predicted octanol–water partition coefficient (Wildman–Crippen LogP) is 2.90. The first kappa shape index (κ1) is 20.3. The molecule has 0 amide bonds. The SMILES string of the molecule is CC(C)c1nn(-c2noc(CC3CNC3)n2)c2c(F)ccc(OC(=O)C(F)(F)F)c12. The quantitative estimate of drug-likeness (QED) is 0.380. The van der Waals surface area contributed by atoms with Gasteiger partial charge in [-0.05, 0) is 42.2 Å². The van der Waals surface area contributed by atoms with Crippen LogP contribution in [0.25, 0.3) is 16.9 Å². The van der Waals surface area contributed by atoms with Crippen LogP contribution in [0.3, 0.4) is 0 Å². The number of aromatic nitrogens is 4. The molecule has 2 aromatic heterocycles. The molecule has 0 spiro atoms. The van der Waals surface area contributed by atoms with Gasteiger partial charge in [0.05, 0.1) is 11.1 Å². The minimum absolute atomic E-state index is 0.0582. The largest absolute Gasteiger partial charge is 0.491 e. The monoisotopic (exact) mass is 427 g/mol. The van der Waals surface area contributed by atoms with E-state index in [9.17, 15) is 22.4 Å². The number of alkyl halides is 3. The van der Waals surface area contributed by atoms with Crippen LogP contribution in [0.5, 0.6) is 5.75 Å².